The van der Waals surface area contributed by atoms with E-state index in [2.05, 4.69) is 36.8 Å². The zero-order valence-corrected chi connectivity index (χ0v) is 14.4. The summed E-state index contributed by atoms with van der Waals surface area (Å²) in [6.45, 7) is 0. The number of aromatic nitrogens is 1. The van der Waals surface area contributed by atoms with Crippen molar-refractivity contribution < 1.29 is 0 Å². The molecule has 0 saturated heterocycles. The minimum atomic E-state index is -0.251. The minimum Gasteiger partial charge on any atom is -0.322 e. The van der Waals surface area contributed by atoms with E-state index in [0.717, 1.165) is 20.2 Å². The van der Waals surface area contributed by atoms with Crippen LogP contribution in [0.15, 0.2) is 39.4 Å². The highest BCUT2D eigenvalue weighted by Gasteiger charge is 2.15. The second kappa shape index (κ2) is 6.55. The Hall–Kier alpha value is -0.130. The van der Waals surface area contributed by atoms with Crippen LogP contribution in [-0.2, 0) is 6.42 Å². The third-order valence-electron chi connectivity index (χ3n) is 2.66. The largest absolute Gasteiger partial charge is 0.322 e. The first-order valence-electron chi connectivity index (χ1n) is 5.48. The lowest BCUT2D eigenvalue weighted by Gasteiger charge is -2.14. The molecule has 1 aromatic carbocycles. The molecule has 1 aromatic heterocycles. The lowest BCUT2D eigenvalue weighted by molar-refractivity contribution is 0.692. The normalized spacial score (nSPS) is 12.5. The Morgan fingerprint density at radius 1 is 1.26 bits per heavy atom. The van der Waals surface area contributed by atoms with Crippen LogP contribution in [-0.4, -0.2) is 4.98 Å². The van der Waals surface area contributed by atoms with Gasteiger partial charge < -0.3 is 5.73 Å². The molecular weight excluding hydrogens is 415 g/mol. The number of nitrogens with two attached hydrogens (primary N) is 1. The van der Waals surface area contributed by atoms with Gasteiger partial charge in [0.1, 0.15) is 0 Å². The molecular formula is C13H10Br2Cl2N2. The Bertz CT molecular complexity index is 605. The molecule has 2 N–H and O–H groups in total. The summed E-state index contributed by atoms with van der Waals surface area (Å²) in [6.07, 6.45) is 2.30. The van der Waals surface area contributed by atoms with E-state index in [1.54, 1.807) is 12.3 Å². The molecule has 0 fully saturated rings. The summed E-state index contributed by atoms with van der Waals surface area (Å²) < 4.78 is 1.77. The lowest BCUT2D eigenvalue weighted by atomic mass is 10.0. The lowest BCUT2D eigenvalue weighted by Crippen LogP contribution is -2.15. The molecule has 1 unspecified atom stereocenters. The van der Waals surface area contributed by atoms with E-state index in [9.17, 15) is 0 Å². The summed E-state index contributed by atoms with van der Waals surface area (Å²) >= 11 is 19.0. The van der Waals surface area contributed by atoms with Crippen molar-refractivity contribution in [2.45, 2.75) is 12.5 Å². The molecule has 0 radical (unpaired) electrons. The van der Waals surface area contributed by atoms with Gasteiger partial charge in [0.15, 0.2) is 0 Å². The molecule has 0 aliphatic carbocycles. The van der Waals surface area contributed by atoms with Crippen LogP contribution in [0.25, 0.3) is 0 Å². The summed E-state index contributed by atoms with van der Waals surface area (Å²) in [6, 6.07) is 7.20. The van der Waals surface area contributed by atoms with E-state index in [0.29, 0.717) is 16.5 Å². The first kappa shape index (κ1) is 15.3. The van der Waals surface area contributed by atoms with Crippen LogP contribution in [0.4, 0.5) is 0 Å². The van der Waals surface area contributed by atoms with Crippen molar-refractivity contribution in [1.82, 2.24) is 4.98 Å². The molecule has 0 aliphatic rings. The van der Waals surface area contributed by atoms with Crippen LogP contribution in [0.2, 0.25) is 10.0 Å². The van der Waals surface area contributed by atoms with Crippen molar-refractivity contribution in [3.63, 3.8) is 0 Å². The monoisotopic (exact) mass is 422 g/mol. The van der Waals surface area contributed by atoms with Crippen LogP contribution >= 0.6 is 55.1 Å². The van der Waals surface area contributed by atoms with Crippen LogP contribution in [0.5, 0.6) is 0 Å². The molecule has 2 aromatic rings. The summed E-state index contributed by atoms with van der Waals surface area (Å²) in [5.74, 6) is 0. The number of pyridine rings is 1. The number of hydrogen-bond acceptors (Lipinski definition) is 2. The first-order valence-corrected chi connectivity index (χ1v) is 7.82. The number of benzene rings is 1. The fraction of sp³-hybridized carbons (Fsp3) is 0.154. The molecule has 1 atom stereocenters. The van der Waals surface area contributed by atoms with E-state index in [1.807, 2.05) is 18.2 Å². The quantitative estimate of drug-likeness (QED) is 0.739. The molecule has 100 valence electrons. The molecule has 2 rings (SSSR count). The van der Waals surface area contributed by atoms with Crippen molar-refractivity contribution in [3.8, 4) is 0 Å². The Kier molecular flexibility index (Phi) is 5.26. The van der Waals surface area contributed by atoms with Crippen molar-refractivity contribution in [2.75, 3.05) is 0 Å². The maximum absolute atomic E-state index is 6.19. The predicted octanol–water partition coefficient (Wildman–Crippen LogP) is 5.16. The van der Waals surface area contributed by atoms with Crippen molar-refractivity contribution >= 4 is 55.1 Å². The second-order valence-electron chi connectivity index (χ2n) is 4.04. The number of halogens is 4. The summed E-state index contributed by atoms with van der Waals surface area (Å²) in [7, 11) is 0. The van der Waals surface area contributed by atoms with Gasteiger partial charge in [-0.3, -0.25) is 4.98 Å². The second-order valence-corrected chi connectivity index (χ2v) is 6.60. The number of hydrogen-bond donors (Lipinski definition) is 1. The Balaban J connectivity index is 2.25. The smallest absolute Gasteiger partial charge is 0.0716 e. The van der Waals surface area contributed by atoms with E-state index in [-0.39, 0.29) is 6.04 Å². The topological polar surface area (TPSA) is 38.9 Å². The van der Waals surface area contributed by atoms with Crippen LogP contribution in [0, 0.1) is 0 Å². The number of rotatable bonds is 3. The molecule has 19 heavy (non-hydrogen) atoms. The van der Waals surface area contributed by atoms with Crippen molar-refractivity contribution in [3.05, 3.63) is 60.7 Å². The molecule has 2 nitrogen and oxygen atoms in total. The third kappa shape index (κ3) is 3.70. The van der Waals surface area contributed by atoms with E-state index >= 15 is 0 Å². The standard InChI is InChI=1S/C13H10Br2Cl2N2/c14-8-5-9(15)13(19-6-8)11(18)4-7-2-1-3-10(16)12(7)17/h1-3,5-6,11H,4,18H2. The van der Waals surface area contributed by atoms with Gasteiger partial charge in [-0.15, -0.1) is 0 Å². The van der Waals surface area contributed by atoms with E-state index < -0.39 is 0 Å². The maximum Gasteiger partial charge on any atom is 0.0716 e. The maximum atomic E-state index is 6.19. The van der Waals surface area contributed by atoms with Gasteiger partial charge in [0.25, 0.3) is 0 Å². The summed E-state index contributed by atoms with van der Waals surface area (Å²) in [5.41, 5.74) is 7.89. The van der Waals surface area contributed by atoms with Crippen molar-refractivity contribution in [1.29, 1.82) is 0 Å². The van der Waals surface area contributed by atoms with Gasteiger partial charge in [-0.05, 0) is 56.0 Å². The molecule has 0 amide bonds. The van der Waals surface area contributed by atoms with Gasteiger partial charge in [-0.25, -0.2) is 0 Å². The van der Waals surface area contributed by atoms with Gasteiger partial charge >= 0.3 is 0 Å². The van der Waals surface area contributed by atoms with Gasteiger partial charge in [-0.1, -0.05) is 35.3 Å². The number of nitrogens with zero attached hydrogens (tertiary/aromatic N) is 1. The Morgan fingerprint density at radius 3 is 2.68 bits per heavy atom. The van der Waals surface area contributed by atoms with Crippen LogP contribution in [0.3, 0.4) is 0 Å². The molecule has 0 saturated carbocycles. The average molecular weight is 425 g/mol. The highest BCUT2D eigenvalue weighted by Crippen LogP contribution is 2.30. The molecule has 6 heteroatoms. The first-order chi connectivity index (χ1) is 8.99. The average Bonchev–Trinajstić information content (AvgIpc) is 2.34. The van der Waals surface area contributed by atoms with Crippen LogP contribution < -0.4 is 5.73 Å². The molecule has 1 heterocycles. The van der Waals surface area contributed by atoms with Gasteiger partial charge in [0, 0.05) is 15.1 Å². The summed E-state index contributed by atoms with van der Waals surface area (Å²) in [5, 5.41) is 1.09. The highest BCUT2D eigenvalue weighted by atomic mass is 79.9. The fourth-order valence-corrected chi connectivity index (χ4v) is 3.42. The minimum absolute atomic E-state index is 0.251. The summed E-state index contributed by atoms with van der Waals surface area (Å²) in [4.78, 5) is 4.33. The van der Waals surface area contributed by atoms with Gasteiger partial charge in [-0.2, -0.15) is 0 Å². The fourth-order valence-electron chi connectivity index (χ4n) is 1.74. The van der Waals surface area contributed by atoms with E-state index in [1.165, 1.54) is 0 Å². The zero-order chi connectivity index (χ0) is 14.0. The van der Waals surface area contributed by atoms with Gasteiger partial charge in [0.2, 0.25) is 0 Å². The van der Waals surface area contributed by atoms with E-state index in [4.69, 9.17) is 28.9 Å². The Labute approximate surface area is 138 Å². The predicted molar refractivity (Wildman–Crippen MR) is 86.7 cm³/mol. The van der Waals surface area contributed by atoms with Gasteiger partial charge in [0.05, 0.1) is 21.8 Å². The SMILES string of the molecule is NC(Cc1cccc(Cl)c1Cl)c1ncc(Br)cc1Br. The van der Waals surface area contributed by atoms with Crippen molar-refractivity contribution in [2.24, 2.45) is 5.73 Å². The molecule has 0 bridgehead atoms. The Morgan fingerprint density at radius 2 is 2.00 bits per heavy atom. The zero-order valence-electron chi connectivity index (χ0n) is 9.71. The molecule has 0 spiro atoms. The van der Waals surface area contributed by atoms with Crippen LogP contribution in [0.1, 0.15) is 17.3 Å². The highest BCUT2D eigenvalue weighted by molar-refractivity contribution is 9.11. The molecule has 0 aliphatic heterocycles. The third-order valence-corrected chi connectivity index (χ3v) is 4.59.